The van der Waals surface area contributed by atoms with Crippen LogP contribution in [-0.2, 0) is 4.79 Å². The maximum Gasteiger partial charge on any atom is 0.254 e. The molecule has 1 amide bonds. The molecule has 0 bridgehead atoms. The summed E-state index contributed by atoms with van der Waals surface area (Å²) in [4.78, 5) is 12.5. The van der Waals surface area contributed by atoms with Crippen molar-refractivity contribution in [2.24, 2.45) is 11.7 Å². The number of hydrogen-bond acceptors (Lipinski definition) is 3. The highest BCUT2D eigenvalue weighted by Gasteiger charge is 2.39. The molecular weight excluding hydrogens is 238 g/mol. The molecule has 1 aliphatic carbocycles. The van der Waals surface area contributed by atoms with Gasteiger partial charge in [0, 0.05) is 12.1 Å². The highest BCUT2D eigenvalue weighted by Crippen LogP contribution is 2.31. The highest BCUT2D eigenvalue weighted by molar-refractivity contribution is 5.85. The van der Waals surface area contributed by atoms with Crippen molar-refractivity contribution in [3.8, 4) is 0 Å². The molecule has 1 saturated heterocycles. The molecule has 110 valence electrons. The smallest absolute Gasteiger partial charge is 0.254 e. The number of hydrazine groups is 1. The first-order chi connectivity index (χ1) is 8.92. The lowest BCUT2D eigenvalue weighted by atomic mass is 9.76. The summed E-state index contributed by atoms with van der Waals surface area (Å²) in [6.45, 7) is 6.56. The Morgan fingerprint density at radius 2 is 1.79 bits per heavy atom. The molecule has 0 aromatic rings. The van der Waals surface area contributed by atoms with Gasteiger partial charge in [0.15, 0.2) is 0 Å². The zero-order chi connectivity index (χ0) is 14.0. The molecule has 2 aliphatic rings. The fourth-order valence-electron chi connectivity index (χ4n) is 3.67. The van der Waals surface area contributed by atoms with Crippen LogP contribution in [0.1, 0.15) is 65.7 Å². The number of nitrogens with one attached hydrogen (secondary N) is 1. The third-order valence-corrected chi connectivity index (χ3v) is 4.91. The molecule has 0 spiro atoms. The summed E-state index contributed by atoms with van der Waals surface area (Å²) in [5, 5.41) is 2.12. The van der Waals surface area contributed by atoms with Crippen molar-refractivity contribution in [2.45, 2.75) is 83.3 Å². The van der Waals surface area contributed by atoms with Crippen molar-refractivity contribution < 1.29 is 4.79 Å². The first kappa shape index (κ1) is 14.8. The maximum atomic E-state index is 12.5. The van der Waals surface area contributed by atoms with Gasteiger partial charge in [0.2, 0.25) is 0 Å². The summed E-state index contributed by atoms with van der Waals surface area (Å²) >= 11 is 0. The average molecular weight is 267 g/mol. The Morgan fingerprint density at radius 1 is 1.16 bits per heavy atom. The van der Waals surface area contributed by atoms with Gasteiger partial charge in [-0.25, -0.2) is 5.01 Å². The number of rotatable bonds is 2. The number of hydrogen-bond donors (Lipinski definition) is 2. The number of nitrogens with two attached hydrogens (primary N) is 1. The van der Waals surface area contributed by atoms with Crippen LogP contribution in [0, 0.1) is 5.92 Å². The second-order valence-corrected chi connectivity index (χ2v) is 6.83. The van der Waals surface area contributed by atoms with E-state index < -0.39 is 5.54 Å². The predicted octanol–water partition coefficient (Wildman–Crippen LogP) is 2.19. The largest absolute Gasteiger partial charge is 0.317 e. The van der Waals surface area contributed by atoms with E-state index in [-0.39, 0.29) is 5.91 Å². The third kappa shape index (κ3) is 3.29. The number of piperidine rings is 1. The highest BCUT2D eigenvalue weighted by atomic mass is 16.2. The second-order valence-electron chi connectivity index (χ2n) is 6.83. The Bertz CT molecular complexity index is 323. The van der Waals surface area contributed by atoms with Gasteiger partial charge in [-0.3, -0.25) is 10.2 Å². The SMILES string of the molecule is CC1CCCC(N)(C(=O)NN2C(C)CCCC2C)C1. The van der Waals surface area contributed by atoms with E-state index in [4.69, 9.17) is 5.73 Å². The Balaban J connectivity index is 1.99. The van der Waals surface area contributed by atoms with E-state index in [1.807, 2.05) is 0 Å². The van der Waals surface area contributed by atoms with Crippen molar-refractivity contribution in [1.82, 2.24) is 10.4 Å². The molecule has 0 radical (unpaired) electrons. The zero-order valence-electron chi connectivity index (χ0n) is 12.6. The first-order valence-corrected chi connectivity index (χ1v) is 7.80. The Kier molecular flexibility index (Phi) is 4.51. The molecule has 2 fully saturated rings. The quantitative estimate of drug-likeness (QED) is 0.806. The zero-order valence-corrected chi connectivity index (χ0v) is 12.6. The third-order valence-electron chi connectivity index (χ3n) is 4.91. The van der Waals surface area contributed by atoms with Gasteiger partial charge >= 0.3 is 0 Å². The first-order valence-electron chi connectivity index (χ1n) is 7.80. The van der Waals surface area contributed by atoms with E-state index in [1.165, 1.54) is 12.8 Å². The minimum atomic E-state index is -0.658. The van der Waals surface area contributed by atoms with Crippen LogP contribution in [0.15, 0.2) is 0 Å². The van der Waals surface area contributed by atoms with Gasteiger partial charge in [-0.2, -0.15) is 0 Å². The summed E-state index contributed by atoms with van der Waals surface area (Å²) in [5.41, 5.74) is 8.82. The van der Waals surface area contributed by atoms with Gasteiger partial charge in [-0.1, -0.05) is 26.2 Å². The minimum Gasteiger partial charge on any atom is -0.317 e. The standard InChI is InChI=1S/C15H29N3O/c1-11-6-5-9-15(16,10-11)14(19)17-18-12(2)7-4-8-13(18)3/h11-13H,4-10,16H2,1-3H3,(H,17,19). The minimum absolute atomic E-state index is 0.0275. The van der Waals surface area contributed by atoms with Crippen molar-refractivity contribution in [1.29, 1.82) is 0 Å². The summed E-state index contributed by atoms with van der Waals surface area (Å²) in [7, 11) is 0. The Morgan fingerprint density at radius 3 is 2.37 bits per heavy atom. The average Bonchev–Trinajstić information content (AvgIpc) is 2.33. The van der Waals surface area contributed by atoms with Crippen molar-refractivity contribution in [3.05, 3.63) is 0 Å². The van der Waals surface area contributed by atoms with Crippen molar-refractivity contribution in [3.63, 3.8) is 0 Å². The summed E-state index contributed by atoms with van der Waals surface area (Å²) in [5.74, 6) is 0.584. The number of carbonyl (C=O) groups excluding carboxylic acids is 1. The molecule has 19 heavy (non-hydrogen) atoms. The number of amides is 1. The van der Waals surface area contributed by atoms with Crippen LogP contribution in [0.5, 0.6) is 0 Å². The maximum absolute atomic E-state index is 12.5. The van der Waals surface area contributed by atoms with Gasteiger partial charge < -0.3 is 5.73 Å². The van der Waals surface area contributed by atoms with Crippen LogP contribution in [0.4, 0.5) is 0 Å². The van der Waals surface area contributed by atoms with Gasteiger partial charge in [0.1, 0.15) is 0 Å². The topological polar surface area (TPSA) is 58.4 Å². The molecule has 1 saturated carbocycles. The molecule has 4 heteroatoms. The number of nitrogens with zero attached hydrogens (tertiary/aromatic N) is 1. The summed E-state index contributed by atoms with van der Waals surface area (Å²) in [6.07, 6.45) is 7.45. The summed E-state index contributed by atoms with van der Waals surface area (Å²) in [6, 6.07) is 0.828. The lowest BCUT2D eigenvalue weighted by molar-refractivity contribution is -0.136. The Labute approximate surface area is 117 Å². The molecule has 4 atom stereocenters. The van der Waals surface area contributed by atoms with Crippen LogP contribution < -0.4 is 11.2 Å². The van der Waals surface area contributed by atoms with E-state index in [2.05, 4.69) is 31.2 Å². The molecule has 4 unspecified atom stereocenters. The fourth-order valence-corrected chi connectivity index (χ4v) is 3.67. The van der Waals surface area contributed by atoms with Crippen LogP contribution in [0.2, 0.25) is 0 Å². The van der Waals surface area contributed by atoms with Crippen LogP contribution >= 0.6 is 0 Å². The predicted molar refractivity (Wildman–Crippen MR) is 77.3 cm³/mol. The summed E-state index contributed by atoms with van der Waals surface area (Å²) < 4.78 is 0. The van der Waals surface area contributed by atoms with E-state index >= 15 is 0 Å². The van der Waals surface area contributed by atoms with Crippen LogP contribution in [-0.4, -0.2) is 28.5 Å². The van der Waals surface area contributed by atoms with Gasteiger partial charge in [0.05, 0.1) is 5.54 Å². The molecule has 4 nitrogen and oxygen atoms in total. The number of carbonyl (C=O) groups is 1. The van der Waals surface area contributed by atoms with E-state index in [1.54, 1.807) is 0 Å². The van der Waals surface area contributed by atoms with Crippen molar-refractivity contribution in [2.75, 3.05) is 0 Å². The van der Waals surface area contributed by atoms with E-state index in [9.17, 15) is 4.79 Å². The van der Waals surface area contributed by atoms with E-state index in [0.29, 0.717) is 18.0 Å². The molecule has 0 aromatic carbocycles. The van der Waals surface area contributed by atoms with E-state index in [0.717, 1.165) is 32.1 Å². The van der Waals surface area contributed by atoms with Crippen molar-refractivity contribution >= 4 is 5.91 Å². The monoisotopic (exact) mass is 267 g/mol. The molecule has 1 aliphatic heterocycles. The lowest BCUT2D eigenvalue weighted by Crippen LogP contribution is -2.63. The van der Waals surface area contributed by atoms with Gasteiger partial charge in [0.25, 0.3) is 5.91 Å². The molecule has 0 aromatic heterocycles. The second kappa shape index (κ2) is 5.80. The molecule has 2 rings (SSSR count). The molecule has 3 N–H and O–H groups in total. The molecule has 1 heterocycles. The van der Waals surface area contributed by atoms with Gasteiger partial charge in [-0.05, 0) is 45.4 Å². The normalized spacial score (nSPS) is 40.9. The fraction of sp³-hybridized carbons (Fsp3) is 0.933. The van der Waals surface area contributed by atoms with Crippen LogP contribution in [0.3, 0.4) is 0 Å². The van der Waals surface area contributed by atoms with Gasteiger partial charge in [-0.15, -0.1) is 0 Å². The molecular formula is C15H29N3O. The van der Waals surface area contributed by atoms with Crippen LogP contribution in [0.25, 0.3) is 0 Å². The Hall–Kier alpha value is -0.610. The lowest BCUT2D eigenvalue weighted by Gasteiger charge is -2.42.